The maximum atomic E-state index is 13.1. The normalized spacial score (nSPS) is 20.9. The first kappa shape index (κ1) is 13.9. The van der Waals surface area contributed by atoms with Gasteiger partial charge in [0.15, 0.2) is 0 Å². The summed E-state index contributed by atoms with van der Waals surface area (Å²) in [7, 11) is -3.69. The van der Waals surface area contributed by atoms with Crippen molar-refractivity contribution in [2.45, 2.75) is 23.8 Å². The molecule has 1 aliphatic heterocycles. The fourth-order valence-electron chi connectivity index (χ4n) is 1.92. The molecule has 0 radical (unpaired) electrons. The molecular formula is C11H14BrFN2O2S. The second-order valence-electron chi connectivity index (χ2n) is 4.24. The molecule has 2 rings (SSSR count). The second kappa shape index (κ2) is 5.64. The first-order chi connectivity index (χ1) is 8.49. The lowest BCUT2D eigenvalue weighted by atomic mass is 10.1. The fraction of sp³-hybridized carbons (Fsp3) is 0.455. The van der Waals surface area contributed by atoms with Crippen LogP contribution in [0, 0.1) is 5.82 Å². The quantitative estimate of drug-likeness (QED) is 0.881. The summed E-state index contributed by atoms with van der Waals surface area (Å²) in [6.07, 6.45) is 1.72. The minimum Gasteiger partial charge on any atom is -0.315 e. The fourth-order valence-corrected chi connectivity index (χ4v) is 4.16. The Morgan fingerprint density at radius 2 is 2.22 bits per heavy atom. The van der Waals surface area contributed by atoms with Crippen molar-refractivity contribution in [3.05, 3.63) is 28.5 Å². The molecule has 100 valence electrons. The van der Waals surface area contributed by atoms with E-state index in [0.717, 1.165) is 25.5 Å². The molecule has 0 bridgehead atoms. The van der Waals surface area contributed by atoms with Crippen molar-refractivity contribution < 1.29 is 12.8 Å². The Kier molecular flexibility index (Phi) is 4.37. The summed E-state index contributed by atoms with van der Waals surface area (Å²) >= 11 is 3.13. The first-order valence-electron chi connectivity index (χ1n) is 5.67. The van der Waals surface area contributed by atoms with Crippen LogP contribution in [0.25, 0.3) is 0 Å². The molecule has 1 heterocycles. The van der Waals surface area contributed by atoms with Crippen LogP contribution in [0.1, 0.15) is 12.8 Å². The van der Waals surface area contributed by atoms with Gasteiger partial charge in [-0.05, 0) is 53.5 Å². The molecular weight excluding hydrogens is 323 g/mol. The van der Waals surface area contributed by atoms with E-state index in [1.807, 2.05) is 0 Å². The van der Waals surface area contributed by atoms with Gasteiger partial charge >= 0.3 is 0 Å². The monoisotopic (exact) mass is 336 g/mol. The Labute approximate surface area is 114 Å². The summed E-state index contributed by atoms with van der Waals surface area (Å²) in [6, 6.07) is 3.48. The zero-order chi connectivity index (χ0) is 13.2. The van der Waals surface area contributed by atoms with Crippen LogP contribution in [0.4, 0.5) is 4.39 Å². The third-order valence-electron chi connectivity index (χ3n) is 2.80. The highest BCUT2D eigenvalue weighted by Crippen LogP contribution is 2.23. The largest absolute Gasteiger partial charge is 0.315 e. The minimum atomic E-state index is -3.69. The average Bonchev–Trinajstić information content (AvgIpc) is 2.33. The molecule has 0 spiro atoms. The number of rotatable bonds is 3. The number of sulfonamides is 1. The molecule has 2 N–H and O–H groups in total. The van der Waals surface area contributed by atoms with E-state index in [1.54, 1.807) is 0 Å². The van der Waals surface area contributed by atoms with Crippen LogP contribution in [-0.2, 0) is 10.0 Å². The summed E-state index contributed by atoms with van der Waals surface area (Å²) in [5.74, 6) is -0.569. The molecule has 1 atom stereocenters. The molecule has 1 aromatic rings. The molecule has 1 saturated heterocycles. The molecule has 4 nitrogen and oxygen atoms in total. The maximum absolute atomic E-state index is 13.1. The lowest BCUT2D eigenvalue weighted by Gasteiger charge is -2.23. The van der Waals surface area contributed by atoms with Gasteiger partial charge in [0, 0.05) is 17.1 Å². The molecule has 0 aromatic heterocycles. The molecule has 0 amide bonds. The lowest BCUT2D eigenvalue weighted by molar-refractivity contribution is 0.428. The van der Waals surface area contributed by atoms with Gasteiger partial charge < -0.3 is 5.32 Å². The van der Waals surface area contributed by atoms with Crippen molar-refractivity contribution in [2.75, 3.05) is 13.1 Å². The van der Waals surface area contributed by atoms with Gasteiger partial charge in [0.25, 0.3) is 0 Å². The van der Waals surface area contributed by atoms with Crippen LogP contribution in [0.3, 0.4) is 0 Å². The summed E-state index contributed by atoms with van der Waals surface area (Å²) in [6.45, 7) is 1.51. The summed E-state index contributed by atoms with van der Waals surface area (Å²) in [4.78, 5) is -0.0620. The summed E-state index contributed by atoms with van der Waals surface area (Å²) < 4.78 is 40.4. The van der Waals surface area contributed by atoms with Gasteiger partial charge in [-0.1, -0.05) is 0 Å². The Bertz CT molecular complexity index is 530. The Balaban J connectivity index is 2.21. The molecule has 7 heteroatoms. The SMILES string of the molecule is O=S(=O)(NC1CCCNC1)c1cc(F)ccc1Br. The number of halogens is 2. The zero-order valence-electron chi connectivity index (χ0n) is 9.62. The number of piperidine rings is 1. The van der Waals surface area contributed by atoms with E-state index < -0.39 is 15.8 Å². The van der Waals surface area contributed by atoms with E-state index in [9.17, 15) is 12.8 Å². The van der Waals surface area contributed by atoms with Crippen LogP contribution in [0.2, 0.25) is 0 Å². The van der Waals surface area contributed by atoms with Gasteiger partial charge in [-0.25, -0.2) is 17.5 Å². The van der Waals surface area contributed by atoms with E-state index in [-0.39, 0.29) is 10.9 Å². The van der Waals surface area contributed by atoms with Crippen molar-refractivity contribution in [1.82, 2.24) is 10.0 Å². The molecule has 18 heavy (non-hydrogen) atoms. The van der Waals surface area contributed by atoms with E-state index in [1.165, 1.54) is 12.1 Å². The molecule has 1 aliphatic rings. The molecule has 1 unspecified atom stereocenters. The van der Waals surface area contributed by atoms with Crippen molar-refractivity contribution >= 4 is 26.0 Å². The van der Waals surface area contributed by atoms with Gasteiger partial charge in [-0.3, -0.25) is 0 Å². The number of benzene rings is 1. The van der Waals surface area contributed by atoms with Crippen LogP contribution in [-0.4, -0.2) is 27.5 Å². The highest BCUT2D eigenvalue weighted by molar-refractivity contribution is 9.10. The second-order valence-corrected chi connectivity index (χ2v) is 6.78. The number of hydrogen-bond donors (Lipinski definition) is 2. The first-order valence-corrected chi connectivity index (χ1v) is 7.95. The van der Waals surface area contributed by atoms with Crippen molar-refractivity contribution in [3.8, 4) is 0 Å². The van der Waals surface area contributed by atoms with Crippen LogP contribution < -0.4 is 10.0 Å². The topological polar surface area (TPSA) is 58.2 Å². The van der Waals surface area contributed by atoms with Crippen LogP contribution in [0.5, 0.6) is 0 Å². The highest BCUT2D eigenvalue weighted by atomic mass is 79.9. The van der Waals surface area contributed by atoms with Crippen LogP contribution >= 0.6 is 15.9 Å². The molecule has 1 aromatic carbocycles. The maximum Gasteiger partial charge on any atom is 0.242 e. The summed E-state index contributed by atoms with van der Waals surface area (Å²) in [5.41, 5.74) is 0. The van der Waals surface area contributed by atoms with Gasteiger partial charge in [-0.15, -0.1) is 0 Å². The molecule has 1 fully saturated rings. The lowest BCUT2D eigenvalue weighted by Crippen LogP contribution is -2.45. The third-order valence-corrected chi connectivity index (χ3v) is 5.32. The minimum absolute atomic E-state index is 0.0620. The highest BCUT2D eigenvalue weighted by Gasteiger charge is 2.23. The van der Waals surface area contributed by atoms with E-state index in [0.29, 0.717) is 11.0 Å². The molecule has 0 saturated carbocycles. The van der Waals surface area contributed by atoms with Gasteiger partial charge in [0.05, 0.1) is 4.90 Å². The number of hydrogen-bond acceptors (Lipinski definition) is 3. The zero-order valence-corrected chi connectivity index (χ0v) is 12.0. The standard InChI is InChI=1S/C11H14BrFN2O2S/c12-10-4-3-8(13)6-11(10)18(16,17)15-9-2-1-5-14-7-9/h3-4,6,9,14-15H,1-2,5,7H2. The number of nitrogens with one attached hydrogen (secondary N) is 2. The van der Waals surface area contributed by atoms with Gasteiger partial charge in [0.1, 0.15) is 5.82 Å². The molecule has 0 aliphatic carbocycles. The van der Waals surface area contributed by atoms with Crippen LogP contribution in [0.15, 0.2) is 27.6 Å². The predicted molar refractivity (Wildman–Crippen MR) is 70.3 cm³/mol. The van der Waals surface area contributed by atoms with Crippen molar-refractivity contribution in [1.29, 1.82) is 0 Å². The van der Waals surface area contributed by atoms with E-state index >= 15 is 0 Å². The van der Waals surface area contributed by atoms with Crippen molar-refractivity contribution in [3.63, 3.8) is 0 Å². The van der Waals surface area contributed by atoms with Gasteiger partial charge in [0.2, 0.25) is 10.0 Å². The summed E-state index contributed by atoms with van der Waals surface area (Å²) in [5, 5.41) is 3.12. The average molecular weight is 337 g/mol. The Morgan fingerprint density at radius 1 is 1.44 bits per heavy atom. The van der Waals surface area contributed by atoms with E-state index in [2.05, 4.69) is 26.0 Å². The Morgan fingerprint density at radius 3 is 2.89 bits per heavy atom. The third kappa shape index (κ3) is 3.28. The Hall–Kier alpha value is -0.500. The van der Waals surface area contributed by atoms with Crippen molar-refractivity contribution in [2.24, 2.45) is 0 Å². The smallest absolute Gasteiger partial charge is 0.242 e. The van der Waals surface area contributed by atoms with E-state index in [4.69, 9.17) is 0 Å². The predicted octanol–water partition coefficient (Wildman–Crippen LogP) is 1.62. The van der Waals surface area contributed by atoms with Gasteiger partial charge in [-0.2, -0.15) is 0 Å².